The summed E-state index contributed by atoms with van der Waals surface area (Å²) in [5.41, 5.74) is 0.954. The van der Waals surface area contributed by atoms with E-state index in [9.17, 15) is 0 Å². The third-order valence-electron chi connectivity index (χ3n) is 3.79. The Labute approximate surface area is 132 Å². The van der Waals surface area contributed by atoms with Crippen LogP contribution in [0, 0.1) is 0 Å². The van der Waals surface area contributed by atoms with Gasteiger partial charge in [-0.3, -0.25) is 0 Å². The molecule has 2 N–H and O–H groups in total. The predicted octanol–water partition coefficient (Wildman–Crippen LogP) is 2.86. The number of thiocarbonyl (C=S) groups is 1. The molecule has 1 aromatic rings. The standard InChI is InChI=1S/C16H25N3OS/c1-3-9-19-10-7-13(8-11-19)17-16(21)18-14-5-4-6-15(12-14)20-2/h4-6,12-13H,3,7-11H2,1-2H3,(H2,17,18,21). The second-order valence-corrected chi connectivity index (χ2v) is 5.85. The van der Waals surface area contributed by atoms with Crippen LogP contribution in [0.15, 0.2) is 24.3 Å². The van der Waals surface area contributed by atoms with E-state index >= 15 is 0 Å². The lowest BCUT2D eigenvalue weighted by molar-refractivity contribution is 0.207. The van der Waals surface area contributed by atoms with E-state index in [0.717, 1.165) is 37.4 Å². The molecule has 4 nitrogen and oxygen atoms in total. The van der Waals surface area contributed by atoms with Crippen LogP contribution in [0.25, 0.3) is 0 Å². The molecule has 0 amide bonds. The number of nitrogens with one attached hydrogen (secondary N) is 2. The van der Waals surface area contributed by atoms with Crippen LogP contribution in [-0.4, -0.2) is 42.8 Å². The van der Waals surface area contributed by atoms with Crippen LogP contribution in [0.4, 0.5) is 5.69 Å². The SMILES string of the molecule is CCCN1CCC(NC(=S)Nc2cccc(OC)c2)CC1. The molecule has 0 spiro atoms. The molecule has 1 fully saturated rings. The van der Waals surface area contributed by atoms with Gasteiger partial charge in [0.05, 0.1) is 7.11 Å². The summed E-state index contributed by atoms with van der Waals surface area (Å²) in [4.78, 5) is 2.52. The summed E-state index contributed by atoms with van der Waals surface area (Å²) in [5.74, 6) is 0.829. The lowest BCUT2D eigenvalue weighted by Crippen LogP contribution is -2.45. The van der Waals surface area contributed by atoms with Gasteiger partial charge in [-0.1, -0.05) is 13.0 Å². The molecule has 0 aliphatic carbocycles. The first kappa shape index (κ1) is 16.0. The van der Waals surface area contributed by atoms with Gasteiger partial charge < -0.3 is 20.3 Å². The van der Waals surface area contributed by atoms with Gasteiger partial charge in [-0.15, -0.1) is 0 Å². The Kier molecular flexibility index (Phi) is 6.26. The second kappa shape index (κ2) is 8.20. The van der Waals surface area contributed by atoms with Crippen LogP contribution in [0.3, 0.4) is 0 Å². The highest BCUT2D eigenvalue weighted by Gasteiger charge is 2.18. The topological polar surface area (TPSA) is 36.5 Å². The minimum Gasteiger partial charge on any atom is -0.497 e. The van der Waals surface area contributed by atoms with Crippen LogP contribution >= 0.6 is 12.2 Å². The number of hydrogen-bond acceptors (Lipinski definition) is 3. The summed E-state index contributed by atoms with van der Waals surface area (Å²) < 4.78 is 5.21. The zero-order chi connectivity index (χ0) is 15.1. The minimum atomic E-state index is 0.476. The van der Waals surface area contributed by atoms with Crippen LogP contribution in [0.5, 0.6) is 5.75 Å². The number of likely N-dealkylation sites (tertiary alicyclic amines) is 1. The highest BCUT2D eigenvalue weighted by Crippen LogP contribution is 2.17. The maximum Gasteiger partial charge on any atom is 0.170 e. The largest absolute Gasteiger partial charge is 0.497 e. The Morgan fingerprint density at radius 3 is 2.81 bits per heavy atom. The summed E-state index contributed by atoms with van der Waals surface area (Å²) >= 11 is 5.40. The molecule has 1 aliphatic heterocycles. The number of ether oxygens (including phenoxy) is 1. The number of benzene rings is 1. The van der Waals surface area contributed by atoms with Crippen LogP contribution < -0.4 is 15.4 Å². The molecular weight excluding hydrogens is 282 g/mol. The molecule has 0 bridgehead atoms. The van der Waals surface area contributed by atoms with Crippen molar-refractivity contribution in [3.05, 3.63) is 24.3 Å². The van der Waals surface area contributed by atoms with Crippen LogP contribution in [0.1, 0.15) is 26.2 Å². The van der Waals surface area contributed by atoms with Gasteiger partial charge in [-0.2, -0.15) is 0 Å². The molecule has 0 radical (unpaired) electrons. The minimum absolute atomic E-state index is 0.476. The van der Waals surface area contributed by atoms with Crippen molar-refractivity contribution in [2.24, 2.45) is 0 Å². The number of methoxy groups -OCH3 is 1. The van der Waals surface area contributed by atoms with Crippen LogP contribution in [-0.2, 0) is 0 Å². The fourth-order valence-corrected chi connectivity index (χ4v) is 2.96. The quantitative estimate of drug-likeness (QED) is 0.818. The van der Waals surface area contributed by atoms with E-state index in [1.165, 1.54) is 13.0 Å². The van der Waals surface area contributed by atoms with E-state index in [1.54, 1.807) is 7.11 Å². The molecule has 116 valence electrons. The van der Waals surface area contributed by atoms with Gasteiger partial charge >= 0.3 is 0 Å². The number of nitrogens with zero attached hydrogens (tertiary/aromatic N) is 1. The van der Waals surface area contributed by atoms with Gasteiger partial charge in [0.2, 0.25) is 0 Å². The van der Waals surface area contributed by atoms with Crippen molar-refractivity contribution in [3.63, 3.8) is 0 Å². The monoisotopic (exact) mass is 307 g/mol. The number of anilines is 1. The Morgan fingerprint density at radius 2 is 2.14 bits per heavy atom. The number of piperidine rings is 1. The van der Waals surface area contributed by atoms with E-state index < -0.39 is 0 Å². The summed E-state index contributed by atoms with van der Waals surface area (Å²) in [7, 11) is 1.67. The smallest absolute Gasteiger partial charge is 0.170 e. The van der Waals surface area contributed by atoms with Gasteiger partial charge in [-0.05, 0) is 50.2 Å². The van der Waals surface area contributed by atoms with Crippen molar-refractivity contribution in [2.45, 2.75) is 32.2 Å². The Hall–Kier alpha value is -1.33. The first-order chi connectivity index (χ1) is 10.2. The molecule has 5 heteroatoms. The fourth-order valence-electron chi connectivity index (χ4n) is 2.67. The van der Waals surface area contributed by atoms with Crippen molar-refractivity contribution >= 4 is 23.0 Å². The lowest BCUT2D eigenvalue weighted by Gasteiger charge is -2.32. The first-order valence-corrected chi connectivity index (χ1v) is 8.06. The first-order valence-electron chi connectivity index (χ1n) is 7.65. The summed E-state index contributed by atoms with van der Waals surface area (Å²) in [6, 6.07) is 8.28. The maximum absolute atomic E-state index is 5.40. The average Bonchev–Trinajstić information content (AvgIpc) is 2.49. The summed E-state index contributed by atoms with van der Waals surface area (Å²) in [5, 5.41) is 7.34. The molecule has 0 unspecified atom stereocenters. The van der Waals surface area contributed by atoms with Crippen molar-refractivity contribution in [3.8, 4) is 5.75 Å². The zero-order valence-electron chi connectivity index (χ0n) is 12.9. The lowest BCUT2D eigenvalue weighted by atomic mass is 10.1. The van der Waals surface area contributed by atoms with E-state index in [0.29, 0.717) is 11.2 Å². The third kappa shape index (κ3) is 5.17. The van der Waals surface area contributed by atoms with Crippen molar-refractivity contribution < 1.29 is 4.74 Å². The fraction of sp³-hybridized carbons (Fsp3) is 0.562. The Balaban J connectivity index is 1.77. The Bertz CT molecular complexity index is 459. The molecule has 1 heterocycles. The van der Waals surface area contributed by atoms with Crippen LogP contribution in [0.2, 0.25) is 0 Å². The van der Waals surface area contributed by atoms with Crippen molar-refractivity contribution in [2.75, 3.05) is 32.1 Å². The normalized spacial score (nSPS) is 16.5. The van der Waals surface area contributed by atoms with Gasteiger partial charge in [0.1, 0.15) is 5.75 Å². The average molecular weight is 307 g/mol. The zero-order valence-corrected chi connectivity index (χ0v) is 13.7. The second-order valence-electron chi connectivity index (χ2n) is 5.45. The van der Waals surface area contributed by atoms with E-state index in [1.807, 2.05) is 24.3 Å². The molecule has 0 atom stereocenters. The molecule has 21 heavy (non-hydrogen) atoms. The highest BCUT2D eigenvalue weighted by molar-refractivity contribution is 7.80. The highest BCUT2D eigenvalue weighted by atomic mass is 32.1. The Morgan fingerprint density at radius 1 is 1.38 bits per heavy atom. The summed E-state index contributed by atoms with van der Waals surface area (Å²) in [6.07, 6.45) is 3.54. The molecule has 1 aliphatic rings. The molecule has 2 rings (SSSR count). The molecule has 0 aromatic heterocycles. The molecule has 0 saturated carbocycles. The number of hydrogen-bond donors (Lipinski definition) is 2. The van der Waals surface area contributed by atoms with E-state index in [4.69, 9.17) is 17.0 Å². The molecule has 1 aromatic carbocycles. The van der Waals surface area contributed by atoms with E-state index in [-0.39, 0.29) is 0 Å². The molecule has 1 saturated heterocycles. The molecular formula is C16H25N3OS. The maximum atomic E-state index is 5.40. The number of rotatable bonds is 5. The van der Waals surface area contributed by atoms with Crippen molar-refractivity contribution in [1.82, 2.24) is 10.2 Å². The van der Waals surface area contributed by atoms with Gasteiger partial charge in [0.15, 0.2) is 5.11 Å². The van der Waals surface area contributed by atoms with E-state index in [2.05, 4.69) is 22.5 Å². The van der Waals surface area contributed by atoms with Gasteiger partial charge in [0, 0.05) is 30.9 Å². The van der Waals surface area contributed by atoms with Crippen molar-refractivity contribution in [1.29, 1.82) is 0 Å². The third-order valence-corrected chi connectivity index (χ3v) is 4.01. The van der Waals surface area contributed by atoms with Gasteiger partial charge in [-0.25, -0.2) is 0 Å². The van der Waals surface area contributed by atoms with Gasteiger partial charge in [0.25, 0.3) is 0 Å². The predicted molar refractivity (Wildman–Crippen MR) is 92.1 cm³/mol. The summed E-state index contributed by atoms with van der Waals surface area (Å²) in [6.45, 7) is 5.76.